The van der Waals surface area contributed by atoms with Crippen LogP contribution in [0.25, 0.3) is 17.1 Å². The number of para-hydroxylation sites is 1. The lowest BCUT2D eigenvalue weighted by atomic mass is 9.86. The highest BCUT2D eigenvalue weighted by Gasteiger charge is 2.20. The van der Waals surface area contributed by atoms with E-state index in [9.17, 15) is 4.79 Å². The van der Waals surface area contributed by atoms with E-state index in [4.69, 9.17) is 4.74 Å². The molecule has 0 aliphatic carbocycles. The third-order valence-corrected chi connectivity index (χ3v) is 6.59. The monoisotopic (exact) mass is 500 g/mol. The number of aromatic nitrogens is 3. The molecule has 4 aromatic rings. The number of ether oxygens (including phenoxy) is 1. The second-order valence-corrected chi connectivity index (χ2v) is 10.5. The third kappa shape index (κ3) is 5.97. The van der Waals surface area contributed by atoms with Gasteiger partial charge in [0.05, 0.1) is 12.4 Å². The van der Waals surface area contributed by atoms with Gasteiger partial charge in [0.15, 0.2) is 11.0 Å². The quantitative estimate of drug-likeness (QED) is 0.274. The first-order chi connectivity index (χ1) is 17.3. The van der Waals surface area contributed by atoms with Gasteiger partial charge in [0, 0.05) is 16.9 Å². The largest absolute Gasteiger partial charge is 0.494 e. The van der Waals surface area contributed by atoms with Crippen molar-refractivity contribution in [1.82, 2.24) is 14.8 Å². The van der Waals surface area contributed by atoms with Gasteiger partial charge in [-0.05, 0) is 61.2 Å². The summed E-state index contributed by atoms with van der Waals surface area (Å²) >= 11 is 1.36. The van der Waals surface area contributed by atoms with Crippen LogP contribution in [-0.2, 0) is 10.2 Å². The molecule has 1 N–H and O–H groups in total. The zero-order chi connectivity index (χ0) is 25.7. The number of nitrogens with zero attached hydrogens (tertiary/aromatic N) is 3. The molecule has 1 heterocycles. The first kappa shape index (κ1) is 25.5. The smallest absolute Gasteiger partial charge is 0.234 e. The van der Waals surface area contributed by atoms with Gasteiger partial charge in [0.25, 0.3) is 0 Å². The molecular formula is C29H32N4O2S. The molecule has 0 fully saturated rings. The number of carbonyl (C=O) groups excluding carboxylic acids is 1. The fourth-order valence-electron chi connectivity index (χ4n) is 3.99. The molecule has 7 heteroatoms. The SMILES string of the molecule is CCOc1ccc(-n2c(SCC(=O)Nc3ccccc3C(C)(C)C)nnc2-c2cccc(C)c2)cc1. The minimum absolute atomic E-state index is 0.0758. The number of anilines is 1. The van der Waals surface area contributed by atoms with Crippen LogP contribution in [0.4, 0.5) is 5.69 Å². The Labute approximate surface area is 217 Å². The maximum Gasteiger partial charge on any atom is 0.234 e. The van der Waals surface area contributed by atoms with E-state index in [1.165, 1.54) is 11.8 Å². The lowest BCUT2D eigenvalue weighted by Gasteiger charge is -2.23. The highest BCUT2D eigenvalue weighted by atomic mass is 32.2. The van der Waals surface area contributed by atoms with Crippen LogP contribution in [0.5, 0.6) is 5.75 Å². The fourth-order valence-corrected chi connectivity index (χ4v) is 4.74. The normalized spacial score (nSPS) is 11.4. The highest BCUT2D eigenvalue weighted by Crippen LogP contribution is 2.31. The Morgan fingerprint density at radius 2 is 1.75 bits per heavy atom. The Kier molecular flexibility index (Phi) is 7.79. The van der Waals surface area contributed by atoms with E-state index >= 15 is 0 Å². The fraction of sp³-hybridized carbons (Fsp3) is 0.276. The van der Waals surface area contributed by atoms with Gasteiger partial charge in [-0.15, -0.1) is 10.2 Å². The zero-order valence-electron chi connectivity index (χ0n) is 21.4. The van der Waals surface area contributed by atoms with Crippen LogP contribution in [0.1, 0.15) is 38.8 Å². The Morgan fingerprint density at radius 1 is 1.00 bits per heavy atom. The highest BCUT2D eigenvalue weighted by molar-refractivity contribution is 7.99. The summed E-state index contributed by atoms with van der Waals surface area (Å²) in [5.41, 5.74) is 4.87. The predicted octanol–water partition coefficient (Wildman–Crippen LogP) is 6.67. The van der Waals surface area contributed by atoms with Crippen molar-refractivity contribution in [3.8, 4) is 22.8 Å². The number of aryl methyl sites for hydroxylation is 1. The lowest BCUT2D eigenvalue weighted by molar-refractivity contribution is -0.113. The molecule has 0 saturated heterocycles. The number of hydrogen-bond donors (Lipinski definition) is 1. The Bertz CT molecular complexity index is 1340. The molecule has 0 radical (unpaired) electrons. The molecule has 0 unspecified atom stereocenters. The minimum Gasteiger partial charge on any atom is -0.494 e. The molecule has 1 aromatic heterocycles. The molecule has 0 spiro atoms. The molecule has 6 nitrogen and oxygen atoms in total. The van der Waals surface area contributed by atoms with Crippen molar-refractivity contribution < 1.29 is 9.53 Å². The van der Waals surface area contributed by atoms with E-state index in [1.807, 2.05) is 66.1 Å². The summed E-state index contributed by atoms with van der Waals surface area (Å²) in [4.78, 5) is 12.9. The van der Waals surface area contributed by atoms with Crippen LogP contribution in [-0.4, -0.2) is 33.0 Å². The van der Waals surface area contributed by atoms with Gasteiger partial charge in [0.2, 0.25) is 5.91 Å². The van der Waals surface area contributed by atoms with Crippen molar-refractivity contribution in [3.05, 3.63) is 83.9 Å². The van der Waals surface area contributed by atoms with Gasteiger partial charge in [-0.1, -0.05) is 74.5 Å². The number of rotatable bonds is 8. The molecule has 186 valence electrons. The number of benzene rings is 3. The number of hydrogen-bond acceptors (Lipinski definition) is 5. The summed E-state index contributed by atoms with van der Waals surface area (Å²) in [5, 5.41) is 12.7. The molecule has 4 rings (SSSR count). The molecule has 0 aliphatic heterocycles. The molecule has 3 aromatic carbocycles. The third-order valence-electron chi connectivity index (χ3n) is 5.66. The van der Waals surface area contributed by atoms with Crippen LogP contribution in [0, 0.1) is 6.92 Å². The van der Waals surface area contributed by atoms with E-state index in [0.29, 0.717) is 11.8 Å². The second-order valence-electron chi connectivity index (χ2n) is 9.57. The average Bonchev–Trinajstić information content (AvgIpc) is 3.27. The minimum atomic E-state index is -0.0879. The maximum absolute atomic E-state index is 12.9. The van der Waals surface area contributed by atoms with E-state index in [2.05, 4.69) is 61.4 Å². The molecule has 36 heavy (non-hydrogen) atoms. The first-order valence-corrected chi connectivity index (χ1v) is 13.0. The van der Waals surface area contributed by atoms with Crippen molar-refractivity contribution in [2.45, 2.75) is 45.2 Å². The number of thioether (sulfide) groups is 1. The van der Waals surface area contributed by atoms with Crippen molar-refractivity contribution in [2.75, 3.05) is 17.7 Å². The molecule has 0 bridgehead atoms. The van der Waals surface area contributed by atoms with Crippen LogP contribution in [0.2, 0.25) is 0 Å². The average molecular weight is 501 g/mol. The van der Waals surface area contributed by atoms with Gasteiger partial charge in [-0.2, -0.15) is 0 Å². The van der Waals surface area contributed by atoms with Crippen LogP contribution in [0.15, 0.2) is 78.0 Å². The summed E-state index contributed by atoms with van der Waals surface area (Å²) in [7, 11) is 0. The topological polar surface area (TPSA) is 69.0 Å². The van der Waals surface area contributed by atoms with Crippen molar-refractivity contribution in [1.29, 1.82) is 0 Å². The summed E-state index contributed by atoms with van der Waals surface area (Å²) in [5.74, 6) is 1.65. The Morgan fingerprint density at radius 3 is 2.44 bits per heavy atom. The second kappa shape index (κ2) is 11.0. The van der Waals surface area contributed by atoms with E-state index in [-0.39, 0.29) is 17.1 Å². The summed E-state index contributed by atoms with van der Waals surface area (Å²) in [6.45, 7) is 11.0. The van der Waals surface area contributed by atoms with Gasteiger partial charge in [0.1, 0.15) is 5.75 Å². The van der Waals surface area contributed by atoms with Gasteiger partial charge < -0.3 is 10.1 Å². The number of nitrogens with one attached hydrogen (secondary N) is 1. The maximum atomic E-state index is 12.9. The Hall–Kier alpha value is -3.58. The molecule has 0 aliphatic rings. The number of amides is 1. The zero-order valence-corrected chi connectivity index (χ0v) is 22.2. The van der Waals surface area contributed by atoms with Gasteiger partial charge >= 0.3 is 0 Å². The van der Waals surface area contributed by atoms with E-state index < -0.39 is 0 Å². The van der Waals surface area contributed by atoms with Crippen LogP contribution < -0.4 is 10.1 Å². The summed E-state index contributed by atoms with van der Waals surface area (Å²) < 4.78 is 7.60. The van der Waals surface area contributed by atoms with E-state index in [1.54, 1.807) is 0 Å². The summed E-state index contributed by atoms with van der Waals surface area (Å²) in [6.07, 6.45) is 0. The molecule has 0 atom stereocenters. The Balaban J connectivity index is 1.61. The van der Waals surface area contributed by atoms with Crippen LogP contribution >= 0.6 is 11.8 Å². The lowest BCUT2D eigenvalue weighted by Crippen LogP contribution is -2.20. The molecular weight excluding hydrogens is 468 g/mol. The summed E-state index contributed by atoms with van der Waals surface area (Å²) in [6, 6.07) is 23.9. The van der Waals surface area contributed by atoms with Crippen molar-refractivity contribution >= 4 is 23.4 Å². The molecule has 1 amide bonds. The van der Waals surface area contributed by atoms with Crippen LogP contribution in [0.3, 0.4) is 0 Å². The predicted molar refractivity (Wildman–Crippen MR) is 147 cm³/mol. The van der Waals surface area contributed by atoms with Gasteiger partial charge in [-0.3, -0.25) is 9.36 Å². The van der Waals surface area contributed by atoms with E-state index in [0.717, 1.165) is 39.6 Å². The standard InChI is InChI=1S/C29H32N4O2S/c1-6-35-23-16-14-22(15-17-23)33-27(21-11-9-10-20(2)18-21)31-32-28(33)36-19-26(34)30-25-13-8-7-12-24(25)29(3,4)5/h7-18H,6,19H2,1-5H3,(H,30,34). The van der Waals surface area contributed by atoms with Crippen molar-refractivity contribution in [3.63, 3.8) is 0 Å². The first-order valence-electron chi connectivity index (χ1n) is 12.0. The molecule has 0 saturated carbocycles. The van der Waals surface area contributed by atoms with Gasteiger partial charge in [-0.25, -0.2) is 0 Å². The number of carbonyl (C=O) groups is 1. The van der Waals surface area contributed by atoms with Crippen molar-refractivity contribution in [2.24, 2.45) is 0 Å².